The number of hydrogen-bond donors (Lipinski definition) is 4. The van der Waals surface area contributed by atoms with Gasteiger partial charge in [-0.3, -0.25) is 25.6 Å². The molecule has 0 bridgehead atoms. The van der Waals surface area contributed by atoms with Gasteiger partial charge in [-0.25, -0.2) is 0 Å². The second-order valence-electron chi connectivity index (χ2n) is 7.68. The Hall–Kier alpha value is -0.730. The zero-order valence-corrected chi connectivity index (χ0v) is 17.4. The fraction of sp³-hybridized carbons (Fsp3) is 0.950. The van der Waals surface area contributed by atoms with E-state index in [2.05, 4.69) is 6.92 Å². The Morgan fingerprint density at radius 3 is 1.41 bits per heavy atom. The minimum Gasteiger partial charge on any atom is -0.289 e. The van der Waals surface area contributed by atoms with Gasteiger partial charge in [0.1, 0.15) is 0 Å². The molecular formula is C20H42N2O5. The van der Waals surface area contributed by atoms with Crippen LogP contribution < -0.4 is 0 Å². The molecule has 0 fully saturated rings. The first-order valence-electron chi connectivity index (χ1n) is 10.8. The van der Waals surface area contributed by atoms with Crippen molar-refractivity contribution in [3.63, 3.8) is 0 Å². The van der Waals surface area contributed by atoms with E-state index in [4.69, 9.17) is 20.8 Å². The molecule has 0 radical (unpaired) electrons. The average molecular weight is 391 g/mol. The fourth-order valence-electron chi connectivity index (χ4n) is 3.44. The van der Waals surface area contributed by atoms with Crippen molar-refractivity contribution in [2.75, 3.05) is 0 Å². The molecule has 2 unspecified atom stereocenters. The molecule has 0 aliphatic carbocycles. The zero-order chi connectivity index (χ0) is 20.5. The lowest BCUT2D eigenvalue weighted by Crippen LogP contribution is -2.43. The standard InChI is InChI=1S/C20H42N2O5/c1-3-4-5-6-7-8-9-10-11-12-13-14-15-16-17-19(18(2)21(24)25)20(23)22(26)27/h18-19,24-27H,3-17H2,1-2H3. The van der Waals surface area contributed by atoms with Crippen LogP contribution in [0.1, 0.15) is 110 Å². The summed E-state index contributed by atoms with van der Waals surface area (Å²) in [5.74, 6) is -1.79. The van der Waals surface area contributed by atoms with Crippen molar-refractivity contribution in [1.82, 2.24) is 10.5 Å². The largest absolute Gasteiger partial charge is 0.289 e. The van der Waals surface area contributed by atoms with Crippen molar-refractivity contribution in [3.05, 3.63) is 0 Å². The Labute approximate surface area is 164 Å². The van der Waals surface area contributed by atoms with Gasteiger partial charge < -0.3 is 0 Å². The molecule has 0 aliphatic heterocycles. The number of hydroxylamine groups is 4. The van der Waals surface area contributed by atoms with Crippen molar-refractivity contribution in [2.45, 2.75) is 116 Å². The first kappa shape index (κ1) is 26.3. The van der Waals surface area contributed by atoms with E-state index in [-0.39, 0.29) is 5.23 Å². The third-order valence-corrected chi connectivity index (χ3v) is 5.33. The van der Waals surface area contributed by atoms with Crippen LogP contribution in [0.15, 0.2) is 0 Å². The third kappa shape index (κ3) is 14.0. The molecule has 0 heterocycles. The predicted octanol–water partition coefficient (Wildman–Crippen LogP) is 5.55. The van der Waals surface area contributed by atoms with Gasteiger partial charge in [0.25, 0.3) is 5.91 Å². The summed E-state index contributed by atoms with van der Waals surface area (Å²) in [6, 6.07) is -0.902. The Bertz CT molecular complexity index is 353. The number of nitrogens with zero attached hydrogens (tertiary/aromatic N) is 2. The predicted molar refractivity (Wildman–Crippen MR) is 104 cm³/mol. The minimum absolute atomic E-state index is 0.0458. The van der Waals surface area contributed by atoms with Gasteiger partial charge in [-0.2, -0.15) is 0 Å². The summed E-state index contributed by atoms with van der Waals surface area (Å²) in [4.78, 5) is 11.7. The Morgan fingerprint density at radius 1 is 0.704 bits per heavy atom. The molecule has 0 aliphatic rings. The first-order valence-corrected chi connectivity index (χ1v) is 10.8. The van der Waals surface area contributed by atoms with Crippen molar-refractivity contribution in [3.8, 4) is 0 Å². The number of carbonyl (C=O) groups is 1. The van der Waals surface area contributed by atoms with Gasteiger partial charge in [-0.15, -0.1) is 0 Å². The summed E-state index contributed by atoms with van der Waals surface area (Å²) in [6.07, 6.45) is 17.6. The lowest BCUT2D eigenvalue weighted by molar-refractivity contribution is -0.340. The molecule has 27 heavy (non-hydrogen) atoms. The number of carbonyl (C=O) groups excluding carboxylic acids is 1. The molecule has 1 amide bonds. The van der Waals surface area contributed by atoms with Crippen molar-refractivity contribution >= 4 is 5.91 Å². The fourth-order valence-corrected chi connectivity index (χ4v) is 3.44. The molecule has 162 valence electrons. The maximum absolute atomic E-state index is 11.7. The molecule has 7 nitrogen and oxygen atoms in total. The van der Waals surface area contributed by atoms with Crippen molar-refractivity contribution in [2.24, 2.45) is 5.92 Å². The van der Waals surface area contributed by atoms with E-state index in [1.807, 2.05) is 0 Å². The molecule has 0 spiro atoms. The molecule has 0 saturated heterocycles. The normalized spacial score (nSPS) is 13.7. The number of amides is 1. The second kappa shape index (κ2) is 17.4. The van der Waals surface area contributed by atoms with E-state index in [1.165, 1.54) is 77.6 Å². The molecule has 0 aromatic carbocycles. The minimum atomic E-state index is -0.926. The highest BCUT2D eigenvalue weighted by atomic mass is 16.8. The molecule has 0 aromatic heterocycles. The van der Waals surface area contributed by atoms with Crippen LogP contribution >= 0.6 is 0 Å². The van der Waals surface area contributed by atoms with Gasteiger partial charge in [-0.1, -0.05) is 107 Å². The smallest absolute Gasteiger partial charge is 0.277 e. The van der Waals surface area contributed by atoms with Crippen LogP contribution in [0.5, 0.6) is 0 Å². The summed E-state index contributed by atoms with van der Waals surface area (Å²) >= 11 is 0. The number of hydrogen-bond acceptors (Lipinski definition) is 6. The summed E-state index contributed by atoms with van der Waals surface area (Å²) in [7, 11) is 0. The Balaban J connectivity index is 3.64. The van der Waals surface area contributed by atoms with E-state index in [0.29, 0.717) is 6.42 Å². The molecule has 0 saturated carbocycles. The van der Waals surface area contributed by atoms with E-state index in [0.717, 1.165) is 19.3 Å². The summed E-state index contributed by atoms with van der Waals surface area (Å²) in [5.41, 5.74) is 0. The van der Waals surface area contributed by atoms with E-state index in [1.54, 1.807) is 0 Å². The molecular weight excluding hydrogens is 348 g/mol. The maximum Gasteiger partial charge on any atom is 0.277 e. The molecule has 0 rings (SSSR count). The van der Waals surface area contributed by atoms with E-state index < -0.39 is 23.1 Å². The van der Waals surface area contributed by atoms with Crippen LogP contribution in [0.3, 0.4) is 0 Å². The lowest BCUT2D eigenvalue weighted by atomic mass is 9.93. The first-order chi connectivity index (χ1) is 12.9. The summed E-state index contributed by atoms with van der Waals surface area (Å²) in [5, 5.41) is 35.5. The van der Waals surface area contributed by atoms with Gasteiger partial charge in [0, 0.05) is 0 Å². The quantitative estimate of drug-likeness (QED) is 0.139. The van der Waals surface area contributed by atoms with Gasteiger partial charge >= 0.3 is 0 Å². The maximum atomic E-state index is 11.7. The Kier molecular flexibility index (Phi) is 16.9. The highest BCUT2D eigenvalue weighted by Crippen LogP contribution is 2.20. The van der Waals surface area contributed by atoms with E-state index in [9.17, 15) is 4.79 Å². The highest BCUT2D eigenvalue weighted by Gasteiger charge is 2.31. The highest BCUT2D eigenvalue weighted by molar-refractivity contribution is 5.77. The third-order valence-electron chi connectivity index (χ3n) is 5.33. The SMILES string of the molecule is CCCCCCCCCCCCCCCCC(C(=O)N(O)O)C(C)N(O)O. The molecule has 2 atom stereocenters. The number of rotatable bonds is 18. The van der Waals surface area contributed by atoms with Gasteiger partial charge in [0.05, 0.1) is 12.0 Å². The van der Waals surface area contributed by atoms with Crippen LogP contribution in [0.2, 0.25) is 0 Å². The van der Waals surface area contributed by atoms with Crippen LogP contribution in [0.25, 0.3) is 0 Å². The monoisotopic (exact) mass is 390 g/mol. The van der Waals surface area contributed by atoms with Crippen LogP contribution in [-0.2, 0) is 4.79 Å². The summed E-state index contributed by atoms with van der Waals surface area (Å²) < 4.78 is 0. The Morgan fingerprint density at radius 2 is 1.07 bits per heavy atom. The topological polar surface area (TPSA) is 104 Å². The number of unbranched alkanes of at least 4 members (excludes halogenated alkanes) is 13. The van der Waals surface area contributed by atoms with E-state index >= 15 is 0 Å². The second-order valence-corrected chi connectivity index (χ2v) is 7.68. The lowest BCUT2D eigenvalue weighted by Gasteiger charge is -2.25. The molecule has 7 heteroatoms. The zero-order valence-electron chi connectivity index (χ0n) is 17.4. The van der Waals surface area contributed by atoms with Crippen molar-refractivity contribution in [1.29, 1.82) is 0 Å². The van der Waals surface area contributed by atoms with Crippen molar-refractivity contribution < 1.29 is 25.6 Å². The van der Waals surface area contributed by atoms with Crippen LogP contribution in [0, 0.1) is 5.92 Å². The van der Waals surface area contributed by atoms with Gasteiger partial charge in [-0.05, 0) is 13.3 Å². The van der Waals surface area contributed by atoms with Gasteiger partial charge in [0.15, 0.2) is 0 Å². The van der Waals surface area contributed by atoms with Crippen LogP contribution in [0.4, 0.5) is 0 Å². The van der Waals surface area contributed by atoms with Gasteiger partial charge in [0.2, 0.25) is 0 Å². The van der Waals surface area contributed by atoms with Crippen LogP contribution in [-0.4, -0.2) is 43.2 Å². The average Bonchev–Trinajstić information content (AvgIpc) is 2.63. The molecule has 4 N–H and O–H groups in total. The molecule has 0 aromatic rings. The summed E-state index contributed by atoms with van der Waals surface area (Å²) in [6.45, 7) is 3.70.